The molecule has 2 heterocycles. The number of ketones is 1. The Morgan fingerprint density at radius 2 is 2.00 bits per heavy atom. The molecule has 0 radical (unpaired) electrons. The van der Waals surface area contributed by atoms with E-state index in [0.717, 1.165) is 55.3 Å². The number of hydrogen-bond acceptors (Lipinski definition) is 7. The molecule has 0 saturated carbocycles. The molecule has 0 spiro atoms. The first-order valence-electron chi connectivity index (χ1n) is 11.9. The molecular weight excluding hydrogens is 402 g/mol. The smallest absolute Gasteiger partial charge is 0.229 e. The van der Waals surface area contributed by atoms with Crippen molar-refractivity contribution >= 4 is 23.2 Å². The van der Waals surface area contributed by atoms with Crippen LogP contribution in [0.5, 0.6) is 5.75 Å². The molecule has 174 valence electrons. The SMILES string of the molecule is CCC(CC)[C@@H]1CC(=O)Cc2cnc(Nc3cccc(OCCN(CC)CC)c3)nc2N1. The normalized spacial score (nSPS) is 15.9. The number of carbonyl (C=O) groups is 1. The van der Waals surface area contributed by atoms with Crippen molar-refractivity contribution in [1.29, 1.82) is 0 Å². The van der Waals surface area contributed by atoms with Crippen LogP contribution in [0, 0.1) is 5.92 Å². The maximum atomic E-state index is 12.4. The Labute approximate surface area is 192 Å². The summed E-state index contributed by atoms with van der Waals surface area (Å²) in [4.78, 5) is 23.9. The third-order valence-electron chi connectivity index (χ3n) is 6.30. The lowest BCUT2D eigenvalue weighted by Gasteiger charge is -2.25. The van der Waals surface area contributed by atoms with Crippen LogP contribution in [0.4, 0.5) is 17.5 Å². The summed E-state index contributed by atoms with van der Waals surface area (Å²) < 4.78 is 5.93. The largest absolute Gasteiger partial charge is 0.492 e. The van der Waals surface area contributed by atoms with Gasteiger partial charge in [-0.25, -0.2) is 4.98 Å². The van der Waals surface area contributed by atoms with Gasteiger partial charge in [-0.2, -0.15) is 4.98 Å². The van der Waals surface area contributed by atoms with Crippen molar-refractivity contribution in [2.24, 2.45) is 5.92 Å². The number of anilines is 3. The summed E-state index contributed by atoms with van der Waals surface area (Å²) in [5.41, 5.74) is 1.73. The maximum Gasteiger partial charge on any atom is 0.229 e. The van der Waals surface area contributed by atoms with Gasteiger partial charge >= 0.3 is 0 Å². The van der Waals surface area contributed by atoms with Gasteiger partial charge in [0.1, 0.15) is 24.0 Å². The summed E-state index contributed by atoms with van der Waals surface area (Å²) in [7, 11) is 0. The van der Waals surface area contributed by atoms with E-state index in [1.54, 1.807) is 6.20 Å². The third kappa shape index (κ3) is 6.42. The van der Waals surface area contributed by atoms with E-state index < -0.39 is 0 Å². The van der Waals surface area contributed by atoms with E-state index in [-0.39, 0.29) is 11.8 Å². The number of likely N-dealkylation sites (N-methyl/N-ethyl adjacent to an activating group) is 1. The van der Waals surface area contributed by atoms with E-state index in [9.17, 15) is 4.79 Å². The minimum atomic E-state index is 0.115. The van der Waals surface area contributed by atoms with Crippen molar-refractivity contribution in [2.45, 2.75) is 59.4 Å². The predicted molar refractivity (Wildman–Crippen MR) is 130 cm³/mol. The Balaban J connectivity index is 1.69. The average molecular weight is 440 g/mol. The highest BCUT2D eigenvalue weighted by atomic mass is 16.5. The molecule has 0 aliphatic carbocycles. The van der Waals surface area contributed by atoms with Crippen LogP contribution in [0.3, 0.4) is 0 Å². The van der Waals surface area contributed by atoms with Crippen LogP contribution in [-0.2, 0) is 11.2 Å². The fourth-order valence-electron chi connectivity index (χ4n) is 4.25. The standard InChI is InChI=1S/C25H37N5O2/c1-5-18(6-2)23-16-21(31)14-19-17-26-25(29-24(19)28-23)27-20-10-9-11-22(15-20)32-13-12-30(7-3)8-4/h9-11,15,17-18,23H,5-8,12-14,16H2,1-4H3,(H2,26,27,28,29)/t23-/m0/s1. The van der Waals surface area contributed by atoms with E-state index in [1.807, 2.05) is 24.3 Å². The number of hydrogen-bond donors (Lipinski definition) is 2. The van der Waals surface area contributed by atoms with Crippen LogP contribution < -0.4 is 15.4 Å². The van der Waals surface area contributed by atoms with Crippen molar-refractivity contribution in [1.82, 2.24) is 14.9 Å². The number of fused-ring (bicyclic) bond motifs is 1. The first-order valence-corrected chi connectivity index (χ1v) is 11.9. The summed E-state index contributed by atoms with van der Waals surface area (Å²) in [5, 5.41) is 6.82. The molecule has 7 nitrogen and oxygen atoms in total. The zero-order valence-electron chi connectivity index (χ0n) is 19.9. The Morgan fingerprint density at radius 3 is 2.72 bits per heavy atom. The van der Waals surface area contributed by atoms with Crippen LogP contribution in [0.25, 0.3) is 0 Å². The number of nitrogens with one attached hydrogen (secondary N) is 2. The zero-order valence-corrected chi connectivity index (χ0v) is 19.9. The minimum Gasteiger partial charge on any atom is -0.492 e. The summed E-state index contributed by atoms with van der Waals surface area (Å²) in [5.74, 6) is 2.77. The Bertz CT molecular complexity index is 880. The first kappa shape index (κ1) is 24.0. The van der Waals surface area contributed by atoms with Gasteiger partial charge in [-0.05, 0) is 31.1 Å². The molecule has 0 saturated heterocycles. The molecule has 7 heteroatoms. The Morgan fingerprint density at radius 1 is 1.22 bits per heavy atom. The molecule has 0 bridgehead atoms. The van der Waals surface area contributed by atoms with E-state index in [4.69, 9.17) is 9.72 Å². The average Bonchev–Trinajstić information content (AvgIpc) is 2.95. The molecule has 3 rings (SSSR count). The molecule has 0 fully saturated rings. The molecule has 1 aliphatic heterocycles. The number of rotatable bonds is 11. The van der Waals surface area contributed by atoms with E-state index in [2.05, 4.69) is 48.2 Å². The predicted octanol–water partition coefficient (Wildman–Crippen LogP) is 4.67. The molecule has 0 unspecified atom stereocenters. The van der Waals surface area contributed by atoms with Gasteiger partial charge in [-0.1, -0.05) is 46.6 Å². The molecule has 32 heavy (non-hydrogen) atoms. The highest BCUT2D eigenvalue weighted by molar-refractivity contribution is 5.84. The second kappa shape index (κ2) is 11.8. The van der Waals surface area contributed by atoms with Gasteiger partial charge in [0.2, 0.25) is 5.95 Å². The Hall–Kier alpha value is -2.67. The number of aromatic nitrogens is 2. The number of Topliss-reactive ketones (excluding diaryl/α,β-unsaturated/α-hetero) is 1. The number of carbonyl (C=O) groups excluding carboxylic acids is 1. The summed E-state index contributed by atoms with van der Waals surface area (Å²) in [6, 6.07) is 7.96. The summed E-state index contributed by atoms with van der Waals surface area (Å²) >= 11 is 0. The van der Waals surface area contributed by atoms with Gasteiger partial charge in [-0.15, -0.1) is 0 Å². The quantitative estimate of drug-likeness (QED) is 0.526. The third-order valence-corrected chi connectivity index (χ3v) is 6.30. The van der Waals surface area contributed by atoms with Gasteiger partial charge in [0, 0.05) is 48.9 Å². The molecule has 2 aromatic rings. The lowest BCUT2D eigenvalue weighted by atomic mass is 9.90. The van der Waals surface area contributed by atoms with Crippen LogP contribution in [0.15, 0.2) is 30.5 Å². The number of benzene rings is 1. The summed E-state index contributed by atoms with van der Waals surface area (Å²) in [6.07, 6.45) is 4.75. The topological polar surface area (TPSA) is 79.4 Å². The number of ether oxygens (including phenoxy) is 1. The van der Waals surface area contributed by atoms with Gasteiger partial charge in [-0.3, -0.25) is 4.79 Å². The minimum absolute atomic E-state index is 0.115. The molecule has 2 N–H and O–H groups in total. The van der Waals surface area contributed by atoms with Gasteiger partial charge in [0.25, 0.3) is 0 Å². The lowest BCUT2D eigenvalue weighted by molar-refractivity contribution is -0.118. The fraction of sp³-hybridized carbons (Fsp3) is 0.560. The molecule has 0 amide bonds. The summed E-state index contributed by atoms with van der Waals surface area (Å²) in [6.45, 7) is 12.3. The second-order valence-electron chi connectivity index (χ2n) is 8.34. The van der Waals surface area contributed by atoms with Crippen molar-refractivity contribution in [2.75, 3.05) is 36.9 Å². The highest BCUT2D eigenvalue weighted by Gasteiger charge is 2.27. The van der Waals surface area contributed by atoms with E-state index in [1.165, 1.54) is 0 Å². The molecule has 1 atom stereocenters. The first-order chi connectivity index (χ1) is 15.6. The van der Waals surface area contributed by atoms with Crippen molar-refractivity contribution in [3.63, 3.8) is 0 Å². The van der Waals surface area contributed by atoms with E-state index in [0.29, 0.717) is 31.3 Å². The van der Waals surface area contributed by atoms with Crippen LogP contribution in [-0.4, -0.2) is 52.9 Å². The Kier molecular flexibility index (Phi) is 8.85. The van der Waals surface area contributed by atoms with Crippen molar-refractivity contribution in [3.05, 3.63) is 36.0 Å². The molecular formula is C25H37N5O2. The zero-order chi connectivity index (χ0) is 22.9. The monoisotopic (exact) mass is 439 g/mol. The second-order valence-corrected chi connectivity index (χ2v) is 8.34. The van der Waals surface area contributed by atoms with Gasteiger partial charge in [0.05, 0.1) is 0 Å². The van der Waals surface area contributed by atoms with Gasteiger partial charge < -0.3 is 20.3 Å². The molecule has 1 aliphatic rings. The van der Waals surface area contributed by atoms with Gasteiger partial charge in [0.15, 0.2) is 0 Å². The van der Waals surface area contributed by atoms with Crippen LogP contribution in [0.2, 0.25) is 0 Å². The molecule has 1 aromatic carbocycles. The fourth-order valence-corrected chi connectivity index (χ4v) is 4.25. The van der Waals surface area contributed by atoms with Crippen molar-refractivity contribution < 1.29 is 9.53 Å². The van der Waals surface area contributed by atoms with Crippen LogP contribution in [0.1, 0.15) is 52.5 Å². The number of nitrogens with zero attached hydrogens (tertiary/aromatic N) is 3. The van der Waals surface area contributed by atoms with E-state index >= 15 is 0 Å². The molecule has 1 aromatic heterocycles. The lowest BCUT2D eigenvalue weighted by Crippen LogP contribution is -2.30. The highest BCUT2D eigenvalue weighted by Crippen LogP contribution is 2.28. The van der Waals surface area contributed by atoms with Crippen LogP contribution >= 0.6 is 0 Å². The van der Waals surface area contributed by atoms with Crippen molar-refractivity contribution in [3.8, 4) is 5.75 Å². The maximum absolute atomic E-state index is 12.4.